The van der Waals surface area contributed by atoms with Gasteiger partial charge in [-0.15, -0.1) is 10.2 Å². The van der Waals surface area contributed by atoms with E-state index in [2.05, 4.69) is 47.2 Å². The van der Waals surface area contributed by atoms with Crippen LogP contribution in [-0.4, -0.2) is 26.2 Å². The van der Waals surface area contributed by atoms with E-state index in [1.807, 2.05) is 13.0 Å². The molecule has 0 unspecified atom stereocenters. The van der Waals surface area contributed by atoms with Gasteiger partial charge in [-0.05, 0) is 74.2 Å². The van der Waals surface area contributed by atoms with Gasteiger partial charge in [-0.25, -0.2) is 0 Å². The lowest BCUT2D eigenvalue weighted by Gasteiger charge is -2.05. The Balaban J connectivity index is 1.80. The summed E-state index contributed by atoms with van der Waals surface area (Å²) < 4.78 is 2.81. The van der Waals surface area contributed by atoms with Gasteiger partial charge in [-0.2, -0.15) is 9.78 Å². The third-order valence-corrected chi connectivity index (χ3v) is 6.27. The minimum atomic E-state index is 0.142. The highest BCUT2D eigenvalue weighted by Crippen LogP contribution is 2.33. The SMILES string of the molecule is Cc1nnc(SCc2ccc(Cl)cc2Cl)n1/N=C/c1cc(Br)c(O)c(Br)c1. The van der Waals surface area contributed by atoms with E-state index in [-0.39, 0.29) is 5.75 Å². The van der Waals surface area contributed by atoms with E-state index in [4.69, 9.17) is 23.2 Å². The second kappa shape index (κ2) is 8.96. The number of nitrogens with zero attached hydrogens (tertiary/aromatic N) is 4. The molecule has 0 fully saturated rings. The van der Waals surface area contributed by atoms with Crippen molar-refractivity contribution >= 4 is 73.0 Å². The van der Waals surface area contributed by atoms with Crippen molar-refractivity contribution in [3.8, 4) is 5.75 Å². The van der Waals surface area contributed by atoms with Crippen LogP contribution in [0.2, 0.25) is 10.0 Å². The van der Waals surface area contributed by atoms with Gasteiger partial charge in [0.25, 0.3) is 0 Å². The van der Waals surface area contributed by atoms with Gasteiger partial charge in [0.1, 0.15) is 5.75 Å². The average molecular weight is 551 g/mol. The molecule has 2 aromatic carbocycles. The molecule has 0 radical (unpaired) electrons. The predicted molar refractivity (Wildman–Crippen MR) is 117 cm³/mol. The molecule has 1 aromatic heterocycles. The van der Waals surface area contributed by atoms with Crippen LogP contribution >= 0.6 is 66.8 Å². The summed E-state index contributed by atoms with van der Waals surface area (Å²) in [6, 6.07) is 8.94. The number of hydrogen-bond acceptors (Lipinski definition) is 5. The molecule has 0 aliphatic heterocycles. The van der Waals surface area contributed by atoms with Gasteiger partial charge in [-0.1, -0.05) is 41.0 Å². The van der Waals surface area contributed by atoms with E-state index >= 15 is 0 Å². The van der Waals surface area contributed by atoms with Crippen LogP contribution in [0.4, 0.5) is 0 Å². The first-order valence-electron chi connectivity index (χ1n) is 7.56. The van der Waals surface area contributed by atoms with Gasteiger partial charge < -0.3 is 5.11 Å². The maximum atomic E-state index is 9.80. The molecule has 27 heavy (non-hydrogen) atoms. The molecular weight excluding hydrogens is 539 g/mol. The molecule has 10 heteroatoms. The molecule has 0 atom stereocenters. The molecule has 1 heterocycles. The van der Waals surface area contributed by atoms with Crippen LogP contribution in [0.15, 0.2) is 49.5 Å². The Morgan fingerprint density at radius 1 is 1.19 bits per heavy atom. The summed E-state index contributed by atoms with van der Waals surface area (Å²) >= 11 is 20.3. The largest absolute Gasteiger partial charge is 0.506 e. The van der Waals surface area contributed by atoms with Crippen molar-refractivity contribution < 1.29 is 5.11 Å². The molecule has 140 valence electrons. The van der Waals surface area contributed by atoms with Crippen molar-refractivity contribution in [3.63, 3.8) is 0 Å². The zero-order chi connectivity index (χ0) is 19.6. The average Bonchev–Trinajstić information content (AvgIpc) is 2.97. The number of aromatic nitrogens is 3. The third kappa shape index (κ3) is 5.06. The minimum absolute atomic E-state index is 0.142. The molecule has 0 aliphatic rings. The maximum absolute atomic E-state index is 9.80. The highest BCUT2D eigenvalue weighted by molar-refractivity contribution is 9.11. The Bertz CT molecular complexity index is 1000. The summed E-state index contributed by atoms with van der Waals surface area (Å²) in [6.45, 7) is 1.83. The number of benzene rings is 2. The number of aryl methyl sites for hydroxylation is 1. The predicted octanol–water partition coefficient (Wildman–Crippen LogP) is 6.30. The standard InChI is InChI=1S/C17H12Br2Cl2N4OS/c1-9-23-24-17(27-8-11-2-3-12(20)6-15(11)21)25(9)22-7-10-4-13(18)16(26)14(19)5-10/h2-7,26H,8H2,1H3/b22-7+. The van der Waals surface area contributed by atoms with Crippen molar-refractivity contribution in [1.29, 1.82) is 0 Å². The van der Waals surface area contributed by atoms with Crippen molar-refractivity contribution in [1.82, 2.24) is 14.9 Å². The number of phenolic OH excluding ortho intramolecular Hbond substituents is 1. The fourth-order valence-electron chi connectivity index (χ4n) is 2.13. The summed E-state index contributed by atoms with van der Waals surface area (Å²) in [5, 5.41) is 24.4. The van der Waals surface area contributed by atoms with E-state index in [0.29, 0.717) is 35.7 Å². The summed E-state index contributed by atoms with van der Waals surface area (Å²) in [4.78, 5) is 0. The minimum Gasteiger partial charge on any atom is -0.506 e. The molecular formula is C17H12Br2Cl2N4OS. The topological polar surface area (TPSA) is 63.3 Å². The van der Waals surface area contributed by atoms with Gasteiger partial charge in [0.15, 0.2) is 5.82 Å². The lowest BCUT2D eigenvalue weighted by Crippen LogP contribution is -1.97. The van der Waals surface area contributed by atoms with E-state index in [1.54, 1.807) is 35.2 Å². The Labute approximate surface area is 187 Å². The normalized spacial score (nSPS) is 11.4. The summed E-state index contributed by atoms with van der Waals surface area (Å²) in [5.41, 5.74) is 1.75. The molecule has 0 spiro atoms. The maximum Gasteiger partial charge on any atom is 0.212 e. The van der Waals surface area contributed by atoms with Crippen LogP contribution in [0, 0.1) is 6.92 Å². The zero-order valence-electron chi connectivity index (χ0n) is 13.8. The quantitative estimate of drug-likeness (QED) is 0.299. The second-order valence-electron chi connectivity index (χ2n) is 5.44. The number of halogens is 4. The van der Waals surface area contributed by atoms with Crippen LogP contribution in [0.1, 0.15) is 17.0 Å². The van der Waals surface area contributed by atoms with E-state index in [1.165, 1.54) is 11.8 Å². The van der Waals surface area contributed by atoms with Crippen LogP contribution < -0.4 is 0 Å². The zero-order valence-corrected chi connectivity index (χ0v) is 19.3. The van der Waals surface area contributed by atoms with E-state index < -0.39 is 0 Å². The summed E-state index contributed by atoms with van der Waals surface area (Å²) in [5.74, 6) is 1.41. The summed E-state index contributed by atoms with van der Waals surface area (Å²) in [7, 11) is 0. The third-order valence-electron chi connectivity index (χ3n) is 3.50. The molecule has 3 aromatic rings. The van der Waals surface area contributed by atoms with Crippen LogP contribution in [0.25, 0.3) is 0 Å². The lowest BCUT2D eigenvalue weighted by atomic mass is 10.2. The van der Waals surface area contributed by atoms with Crippen molar-refractivity contribution in [2.45, 2.75) is 17.8 Å². The van der Waals surface area contributed by atoms with Crippen LogP contribution in [0.5, 0.6) is 5.75 Å². The van der Waals surface area contributed by atoms with Crippen LogP contribution in [0.3, 0.4) is 0 Å². The first-order valence-corrected chi connectivity index (χ1v) is 10.9. The van der Waals surface area contributed by atoms with Crippen LogP contribution in [-0.2, 0) is 5.75 Å². The Morgan fingerprint density at radius 2 is 1.89 bits per heavy atom. The number of phenols is 1. The Hall–Kier alpha value is -1.06. The van der Waals surface area contributed by atoms with Gasteiger partial charge >= 0.3 is 0 Å². The number of hydrogen-bond donors (Lipinski definition) is 1. The molecule has 0 aliphatic carbocycles. The second-order valence-corrected chi connectivity index (χ2v) is 8.94. The molecule has 1 N–H and O–H groups in total. The first kappa shape index (κ1) is 20.7. The van der Waals surface area contributed by atoms with E-state index in [9.17, 15) is 5.11 Å². The van der Waals surface area contributed by atoms with Gasteiger partial charge in [0, 0.05) is 15.8 Å². The Morgan fingerprint density at radius 3 is 2.56 bits per heavy atom. The van der Waals surface area contributed by atoms with E-state index in [0.717, 1.165) is 11.1 Å². The fraction of sp³-hybridized carbons (Fsp3) is 0.118. The first-order chi connectivity index (χ1) is 12.8. The highest BCUT2D eigenvalue weighted by atomic mass is 79.9. The number of thioether (sulfide) groups is 1. The van der Waals surface area contributed by atoms with Crippen molar-refractivity contribution in [3.05, 3.63) is 66.3 Å². The van der Waals surface area contributed by atoms with Gasteiger partial charge in [0.2, 0.25) is 5.16 Å². The van der Waals surface area contributed by atoms with Crippen molar-refractivity contribution in [2.24, 2.45) is 5.10 Å². The molecule has 0 amide bonds. The molecule has 3 rings (SSSR count). The summed E-state index contributed by atoms with van der Waals surface area (Å²) in [6.07, 6.45) is 1.67. The fourth-order valence-corrected chi connectivity index (χ4v) is 4.84. The Kier molecular flexibility index (Phi) is 6.86. The lowest BCUT2D eigenvalue weighted by molar-refractivity contribution is 0.468. The van der Waals surface area contributed by atoms with Gasteiger partial charge in [0.05, 0.1) is 15.2 Å². The molecule has 0 bridgehead atoms. The molecule has 0 saturated heterocycles. The monoisotopic (exact) mass is 548 g/mol. The number of aromatic hydroxyl groups is 1. The number of rotatable bonds is 5. The molecule has 5 nitrogen and oxygen atoms in total. The highest BCUT2D eigenvalue weighted by Gasteiger charge is 2.11. The molecule has 0 saturated carbocycles. The van der Waals surface area contributed by atoms with Gasteiger partial charge in [-0.3, -0.25) is 0 Å². The van der Waals surface area contributed by atoms with Crippen molar-refractivity contribution in [2.75, 3.05) is 0 Å². The smallest absolute Gasteiger partial charge is 0.212 e.